The molecule has 1 N–H and O–H groups in total. The number of rotatable bonds is 18. The highest BCUT2D eigenvalue weighted by molar-refractivity contribution is 4.46. The topological polar surface area (TPSA) is 47.9 Å². The molecule has 0 fully saturated rings. The SMILES string of the molecule is CCCCCCCCCCCOCCOCCOCC(C)O. The molecule has 0 aliphatic heterocycles. The Balaban J connectivity index is 2.94. The van der Waals surface area contributed by atoms with Gasteiger partial charge in [-0.15, -0.1) is 0 Å². The molecule has 4 heteroatoms. The molecule has 0 aliphatic carbocycles. The zero-order valence-corrected chi connectivity index (χ0v) is 14.9. The van der Waals surface area contributed by atoms with E-state index in [1.165, 1.54) is 51.4 Å². The molecule has 4 nitrogen and oxygen atoms in total. The molecule has 0 radical (unpaired) electrons. The minimum Gasteiger partial charge on any atom is -0.391 e. The van der Waals surface area contributed by atoms with Crippen molar-refractivity contribution in [3.63, 3.8) is 0 Å². The summed E-state index contributed by atoms with van der Waals surface area (Å²) < 4.78 is 16.1. The smallest absolute Gasteiger partial charge is 0.0745 e. The normalized spacial score (nSPS) is 12.7. The Morgan fingerprint density at radius 1 is 0.636 bits per heavy atom. The van der Waals surface area contributed by atoms with Crippen LogP contribution in [0.4, 0.5) is 0 Å². The Labute approximate surface area is 137 Å². The second kappa shape index (κ2) is 18.9. The molecule has 0 aliphatic rings. The van der Waals surface area contributed by atoms with E-state index in [4.69, 9.17) is 19.3 Å². The van der Waals surface area contributed by atoms with Crippen LogP contribution in [-0.4, -0.2) is 50.9 Å². The van der Waals surface area contributed by atoms with E-state index in [0.29, 0.717) is 33.0 Å². The van der Waals surface area contributed by atoms with Gasteiger partial charge in [0.15, 0.2) is 0 Å². The van der Waals surface area contributed by atoms with Crippen LogP contribution < -0.4 is 0 Å². The van der Waals surface area contributed by atoms with Crippen molar-refractivity contribution < 1.29 is 19.3 Å². The molecule has 0 aromatic heterocycles. The molecule has 0 saturated heterocycles. The molecule has 0 heterocycles. The first-order valence-corrected chi connectivity index (χ1v) is 9.18. The summed E-state index contributed by atoms with van der Waals surface area (Å²) in [5, 5.41) is 8.99. The zero-order valence-electron chi connectivity index (χ0n) is 14.9. The predicted octanol–water partition coefficient (Wildman–Crippen LogP) is 3.95. The molecule has 134 valence electrons. The number of hydrogen-bond acceptors (Lipinski definition) is 4. The first-order valence-electron chi connectivity index (χ1n) is 9.18. The van der Waals surface area contributed by atoms with Crippen molar-refractivity contribution in [1.29, 1.82) is 0 Å². The van der Waals surface area contributed by atoms with E-state index in [9.17, 15) is 0 Å². The van der Waals surface area contributed by atoms with Crippen molar-refractivity contribution in [1.82, 2.24) is 0 Å². The Morgan fingerprint density at radius 3 is 1.64 bits per heavy atom. The average molecular weight is 318 g/mol. The van der Waals surface area contributed by atoms with E-state index in [2.05, 4.69) is 6.92 Å². The largest absolute Gasteiger partial charge is 0.391 e. The van der Waals surface area contributed by atoms with Gasteiger partial charge in [0.25, 0.3) is 0 Å². The predicted molar refractivity (Wildman–Crippen MR) is 91.4 cm³/mol. The second-order valence-electron chi connectivity index (χ2n) is 5.98. The van der Waals surface area contributed by atoms with Gasteiger partial charge in [0.2, 0.25) is 0 Å². The maximum absolute atomic E-state index is 8.99. The van der Waals surface area contributed by atoms with Gasteiger partial charge >= 0.3 is 0 Å². The third kappa shape index (κ3) is 19.8. The van der Waals surface area contributed by atoms with Crippen LogP contribution in [0.5, 0.6) is 0 Å². The quantitative estimate of drug-likeness (QED) is 0.389. The Morgan fingerprint density at radius 2 is 1.09 bits per heavy atom. The molecule has 0 spiro atoms. The lowest BCUT2D eigenvalue weighted by Gasteiger charge is -2.08. The summed E-state index contributed by atoms with van der Waals surface area (Å²) in [4.78, 5) is 0. The first kappa shape index (κ1) is 21.8. The van der Waals surface area contributed by atoms with Crippen LogP contribution in [0.1, 0.15) is 71.6 Å². The lowest BCUT2D eigenvalue weighted by atomic mass is 10.1. The Hall–Kier alpha value is -0.160. The van der Waals surface area contributed by atoms with Crippen LogP contribution >= 0.6 is 0 Å². The number of unbranched alkanes of at least 4 members (excludes halogenated alkanes) is 8. The van der Waals surface area contributed by atoms with Crippen LogP contribution in [-0.2, 0) is 14.2 Å². The van der Waals surface area contributed by atoms with E-state index >= 15 is 0 Å². The minimum absolute atomic E-state index is 0.373. The summed E-state index contributed by atoms with van der Waals surface area (Å²) in [6.07, 6.45) is 11.7. The summed E-state index contributed by atoms with van der Waals surface area (Å²) in [6, 6.07) is 0. The van der Waals surface area contributed by atoms with Gasteiger partial charge in [-0.1, -0.05) is 58.3 Å². The minimum atomic E-state index is -0.403. The van der Waals surface area contributed by atoms with E-state index < -0.39 is 6.10 Å². The standard InChI is InChI=1S/C18H38O4/c1-3-4-5-6-7-8-9-10-11-12-20-13-14-21-15-16-22-17-18(2)19/h18-19H,3-17H2,1-2H3. The molecular formula is C18H38O4. The van der Waals surface area contributed by atoms with Crippen molar-refractivity contribution in [2.24, 2.45) is 0 Å². The Kier molecular flexibility index (Phi) is 18.8. The summed E-state index contributed by atoms with van der Waals surface area (Å²) in [5.41, 5.74) is 0. The van der Waals surface area contributed by atoms with Gasteiger partial charge in [0, 0.05) is 6.61 Å². The number of aliphatic hydroxyl groups excluding tert-OH is 1. The van der Waals surface area contributed by atoms with Crippen LogP contribution in [0.2, 0.25) is 0 Å². The van der Waals surface area contributed by atoms with Gasteiger partial charge < -0.3 is 19.3 Å². The van der Waals surface area contributed by atoms with Crippen molar-refractivity contribution >= 4 is 0 Å². The maximum Gasteiger partial charge on any atom is 0.0745 e. The maximum atomic E-state index is 8.99. The van der Waals surface area contributed by atoms with Crippen molar-refractivity contribution in [3.8, 4) is 0 Å². The fraction of sp³-hybridized carbons (Fsp3) is 1.00. The van der Waals surface area contributed by atoms with Crippen LogP contribution in [0.25, 0.3) is 0 Å². The fourth-order valence-electron chi connectivity index (χ4n) is 2.21. The van der Waals surface area contributed by atoms with E-state index in [1.54, 1.807) is 6.92 Å². The average Bonchev–Trinajstić information content (AvgIpc) is 2.50. The molecular weight excluding hydrogens is 280 g/mol. The van der Waals surface area contributed by atoms with E-state index in [0.717, 1.165) is 13.0 Å². The van der Waals surface area contributed by atoms with E-state index in [1.807, 2.05) is 0 Å². The number of hydrogen-bond donors (Lipinski definition) is 1. The highest BCUT2D eigenvalue weighted by Gasteiger charge is 1.96. The first-order chi connectivity index (χ1) is 10.8. The van der Waals surface area contributed by atoms with Crippen molar-refractivity contribution in [2.75, 3.05) is 39.6 Å². The summed E-state index contributed by atoms with van der Waals surface area (Å²) >= 11 is 0. The van der Waals surface area contributed by atoms with E-state index in [-0.39, 0.29) is 0 Å². The van der Waals surface area contributed by atoms with Crippen LogP contribution in [0.3, 0.4) is 0 Å². The van der Waals surface area contributed by atoms with Crippen LogP contribution in [0.15, 0.2) is 0 Å². The highest BCUT2D eigenvalue weighted by Crippen LogP contribution is 2.09. The molecule has 0 bridgehead atoms. The second-order valence-corrected chi connectivity index (χ2v) is 5.98. The fourth-order valence-corrected chi connectivity index (χ4v) is 2.21. The lowest BCUT2D eigenvalue weighted by molar-refractivity contribution is -0.00624. The summed E-state index contributed by atoms with van der Waals surface area (Å²) in [7, 11) is 0. The van der Waals surface area contributed by atoms with Gasteiger partial charge in [0.1, 0.15) is 0 Å². The van der Waals surface area contributed by atoms with Crippen molar-refractivity contribution in [2.45, 2.75) is 77.7 Å². The Bertz CT molecular complexity index is 198. The molecule has 0 aromatic carbocycles. The van der Waals surface area contributed by atoms with Gasteiger partial charge in [0.05, 0.1) is 39.1 Å². The highest BCUT2D eigenvalue weighted by atomic mass is 16.5. The van der Waals surface area contributed by atoms with Gasteiger partial charge in [-0.3, -0.25) is 0 Å². The zero-order chi connectivity index (χ0) is 16.3. The summed E-state index contributed by atoms with van der Waals surface area (Å²) in [6.45, 7) is 7.56. The molecule has 0 aromatic rings. The molecule has 0 amide bonds. The number of ether oxygens (including phenoxy) is 3. The molecule has 0 saturated carbocycles. The van der Waals surface area contributed by atoms with Crippen molar-refractivity contribution in [3.05, 3.63) is 0 Å². The van der Waals surface area contributed by atoms with Crippen LogP contribution in [0, 0.1) is 0 Å². The summed E-state index contributed by atoms with van der Waals surface area (Å²) in [5.74, 6) is 0. The van der Waals surface area contributed by atoms with Gasteiger partial charge in [-0.2, -0.15) is 0 Å². The monoisotopic (exact) mass is 318 g/mol. The third-order valence-corrected chi connectivity index (χ3v) is 3.50. The molecule has 22 heavy (non-hydrogen) atoms. The number of aliphatic hydroxyl groups is 1. The van der Waals surface area contributed by atoms with Gasteiger partial charge in [-0.05, 0) is 13.3 Å². The molecule has 1 atom stereocenters. The van der Waals surface area contributed by atoms with Gasteiger partial charge in [-0.25, -0.2) is 0 Å². The molecule has 0 rings (SSSR count). The lowest BCUT2D eigenvalue weighted by Crippen LogP contribution is -2.14. The molecule has 1 unspecified atom stereocenters. The third-order valence-electron chi connectivity index (χ3n) is 3.50.